The Balaban J connectivity index is 2.04. The molecule has 1 aliphatic carbocycles. The van der Waals surface area contributed by atoms with E-state index in [2.05, 4.69) is 0 Å². The Morgan fingerprint density at radius 3 is 2.70 bits per heavy atom. The van der Waals surface area contributed by atoms with Crippen LogP contribution in [0.1, 0.15) is 90.4 Å². The highest BCUT2D eigenvalue weighted by atomic mass is 19.3. The fourth-order valence-electron chi connectivity index (χ4n) is 4.84. The van der Waals surface area contributed by atoms with Gasteiger partial charge < -0.3 is 14.6 Å². The predicted molar refractivity (Wildman–Crippen MR) is 119 cm³/mol. The normalized spacial score (nSPS) is 26.2. The summed E-state index contributed by atoms with van der Waals surface area (Å²) in [5, 5.41) is 8.77. The predicted octanol–water partition coefficient (Wildman–Crippen LogP) is 5.28. The van der Waals surface area contributed by atoms with Crippen LogP contribution in [-0.2, 0) is 23.9 Å². The van der Waals surface area contributed by atoms with Crippen molar-refractivity contribution in [2.75, 3.05) is 13.2 Å². The number of hydrogen-bond acceptors (Lipinski definition) is 5. The zero-order valence-corrected chi connectivity index (χ0v) is 19.7. The number of hydrogen-bond donors (Lipinski definition) is 1. The van der Waals surface area contributed by atoms with E-state index >= 15 is 0 Å². The quantitative estimate of drug-likeness (QED) is 0.258. The second kappa shape index (κ2) is 13.3. The van der Waals surface area contributed by atoms with Crippen LogP contribution in [0, 0.1) is 5.92 Å². The van der Waals surface area contributed by atoms with Crippen molar-refractivity contribution in [2.24, 2.45) is 5.92 Å². The van der Waals surface area contributed by atoms with Crippen molar-refractivity contribution < 1.29 is 37.7 Å². The molecule has 0 radical (unpaired) electrons. The molecule has 1 unspecified atom stereocenters. The van der Waals surface area contributed by atoms with Gasteiger partial charge in [-0.15, -0.1) is 0 Å². The summed E-state index contributed by atoms with van der Waals surface area (Å²) >= 11 is 0. The van der Waals surface area contributed by atoms with Crippen LogP contribution in [0.5, 0.6) is 0 Å². The highest BCUT2D eigenvalue weighted by molar-refractivity contribution is 5.90. The number of carboxylic acids is 1. The summed E-state index contributed by atoms with van der Waals surface area (Å²) in [6.07, 6.45) is 8.12. The molecule has 2 fully saturated rings. The zero-order chi connectivity index (χ0) is 24.3. The Kier molecular flexibility index (Phi) is 11.1. The highest BCUT2D eigenvalue weighted by Gasteiger charge is 2.51. The lowest BCUT2D eigenvalue weighted by molar-refractivity contribution is -0.169. The van der Waals surface area contributed by atoms with E-state index < -0.39 is 29.7 Å². The maximum Gasteiger partial charge on any atom is 0.305 e. The van der Waals surface area contributed by atoms with E-state index in [-0.39, 0.29) is 37.1 Å². The van der Waals surface area contributed by atoms with Crippen molar-refractivity contribution in [3.63, 3.8) is 0 Å². The largest absolute Gasteiger partial charge is 0.481 e. The zero-order valence-electron chi connectivity index (χ0n) is 19.7. The van der Waals surface area contributed by atoms with E-state index in [9.17, 15) is 23.2 Å². The molecule has 0 bridgehead atoms. The third-order valence-electron chi connectivity index (χ3n) is 6.62. The number of halogens is 2. The molecule has 1 N–H and O–H groups in total. The molecular weight excluding hydrogens is 434 g/mol. The molecule has 33 heavy (non-hydrogen) atoms. The summed E-state index contributed by atoms with van der Waals surface area (Å²) in [6.45, 7) is 2.72. The first-order valence-corrected chi connectivity index (χ1v) is 12.3. The Bertz CT molecular complexity index is 686. The van der Waals surface area contributed by atoms with Gasteiger partial charge in [0, 0.05) is 38.7 Å². The molecule has 1 aliphatic heterocycles. The van der Waals surface area contributed by atoms with Crippen LogP contribution in [0.2, 0.25) is 0 Å². The fourth-order valence-corrected chi connectivity index (χ4v) is 4.84. The lowest BCUT2D eigenvalue weighted by Crippen LogP contribution is -2.47. The Morgan fingerprint density at radius 1 is 1.24 bits per heavy atom. The minimum atomic E-state index is -3.29. The van der Waals surface area contributed by atoms with Gasteiger partial charge in [-0.1, -0.05) is 19.1 Å². The molecule has 0 spiro atoms. The molecule has 3 atom stereocenters. The van der Waals surface area contributed by atoms with E-state index in [4.69, 9.17) is 14.6 Å². The molecule has 1 saturated carbocycles. The van der Waals surface area contributed by atoms with Crippen LogP contribution < -0.4 is 0 Å². The fraction of sp³-hybridized carbons (Fsp3) is 0.800. The molecule has 6 nitrogen and oxygen atoms in total. The Labute approximate surface area is 195 Å². The molecular formula is C25H38F2O6. The molecule has 2 rings (SSSR count). The number of allylic oxidation sites excluding steroid dienone is 1. The summed E-state index contributed by atoms with van der Waals surface area (Å²) in [5.74, 6) is -5.30. The van der Waals surface area contributed by atoms with Gasteiger partial charge in [0.15, 0.2) is 5.78 Å². The van der Waals surface area contributed by atoms with Gasteiger partial charge in [-0.2, -0.15) is 8.78 Å². The first kappa shape index (κ1) is 27.6. The SMILES string of the molecule is CCCC(F)(F)C(=O)CCC[C@@H]1CCC(=O)[C@]1(CC=CCCCC(=O)O)OC1CCCOC1. The maximum absolute atomic E-state index is 13.9. The Hall–Kier alpha value is -1.67. The number of carboxylic acid groups (broad SMARTS) is 1. The summed E-state index contributed by atoms with van der Waals surface area (Å²) < 4.78 is 39.7. The number of ketones is 2. The van der Waals surface area contributed by atoms with Crippen molar-refractivity contribution in [3.05, 3.63) is 12.2 Å². The molecule has 0 aromatic heterocycles. The van der Waals surface area contributed by atoms with Crippen molar-refractivity contribution in [2.45, 2.75) is 108 Å². The first-order valence-electron chi connectivity index (χ1n) is 12.3. The maximum atomic E-state index is 13.9. The van der Waals surface area contributed by atoms with Crippen molar-refractivity contribution in [1.29, 1.82) is 0 Å². The van der Waals surface area contributed by atoms with Crippen LogP contribution >= 0.6 is 0 Å². The van der Waals surface area contributed by atoms with E-state index in [0.29, 0.717) is 58.2 Å². The molecule has 8 heteroatoms. The summed E-state index contributed by atoms with van der Waals surface area (Å²) in [5.41, 5.74) is -1.04. The second-order valence-electron chi connectivity index (χ2n) is 9.24. The summed E-state index contributed by atoms with van der Waals surface area (Å²) in [7, 11) is 0. The van der Waals surface area contributed by atoms with E-state index in [0.717, 1.165) is 12.8 Å². The number of Topliss-reactive ketones (excluding diaryl/α,β-unsaturated/α-hetero) is 2. The van der Waals surface area contributed by atoms with Gasteiger partial charge >= 0.3 is 11.9 Å². The molecule has 2 aliphatic rings. The third kappa shape index (κ3) is 8.25. The first-order chi connectivity index (χ1) is 15.7. The monoisotopic (exact) mass is 472 g/mol. The number of carbonyl (C=O) groups excluding carboxylic acids is 2. The number of carbonyl (C=O) groups is 3. The van der Waals surface area contributed by atoms with Gasteiger partial charge in [0.25, 0.3) is 0 Å². The standard InChI is InChI=1S/C25H38F2O6/c1-2-15-25(26,27)22(29)11-7-9-19-13-14-21(28)24(19,33-20-10-8-17-32-18-20)16-6-4-3-5-12-23(30)31/h4,6,19-20H,2-3,5,7-18H2,1H3,(H,30,31)/t19-,20?,24-/m1/s1. The second-order valence-corrected chi connectivity index (χ2v) is 9.24. The molecule has 1 heterocycles. The average Bonchev–Trinajstić information content (AvgIpc) is 3.06. The van der Waals surface area contributed by atoms with Gasteiger partial charge in [0.2, 0.25) is 5.78 Å². The van der Waals surface area contributed by atoms with E-state index in [1.807, 2.05) is 12.2 Å². The van der Waals surface area contributed by atoms with Crippen molar-refractivity contribution in [3.8, 4) is 0 Å². The number of aliphatic carboxylic acids is 1. The van der Waals surface area contributed by atoms with E-state index in [1.165, 1.54) is 0 Å². The van der Waals surface area contributed by atoms with Crippen LogP contribution in [-0.4, -0.2) is 53.5 Å². The molecule has 1 saturated heterocycles. The highest BCUT2D eigenvalue weighted by Crippen LogP contribution is 2.43. The van der Waals surface area contributed by atoms with Crippen molar-refractivity contribution in [1.82, 2.24) is 0 Å². The molecule has 0 aromatic rings. The average molecular weight is 473 g/mol. The van der Waals surface area contributed by atoms with Crippen LogP contribution in [0.15, 0.2) is 12.2 Å². The van der Waals surface area contributed by atoms with Gasteiger partial charge in [0.05, 0.1) is 12.7 Å². The third-order valence-corrected chi connectivity index (χ3v) is 6.62. The van der Waals surface area contributed by atoms with Gasteiger partial charge in [-0.05, 0) is 57.3 Å². The van der Waals surface area contributed by atoms with Crippen LogP contribution in [0.25, 0.3) is 0 Å². The summed E-state index contributed by atoms with van der Waals surface area (Å²) in [4.78, 5) is 35.7. The number of ether oxygens (including phenoxy) is 2. The van der Waals surface area contributed by atoms with E-state index in [1.54, 1.807) is 6.92 Å². The van der Waals surface area contributed by atoms with Crippen LogP contribution in [0.4, 0.5) is 8.78 Å². The van der Waals surface area contributed by atoms with Gasteiger partial charge in [-0.3, -0.25) is 14.4 Å². The van der Waals surface area contributed by atoms with Gasteiger partial charge in [0.1, 0.15) is 5.60 Å². The van der Waals surface area contributed by atoms with Gasteiger partial charge in [-0.25, -0.2) is 0 Å². The lowest BCUT2D eigenvalue weighted by Gasteiger charge is -2.38. The number of rotatable bonds is 15. The lowest BCUT2D eigenvalue weighted by atomic mass is 9.82. The number of unbranched alkanes of at least 4 members (excludes halogenated alkanes) is 1. The summed E-state index contributed by atoms with van der Waals surface area (Å²) in [6, 6.07) is 0. The molecule has 0 amide bonds. The number of alkyl halides is 2. The Morgan fingerprint density at radius 2 is 2.03 bits per heavy atom. The smallest absolute Gasteiger partial charge is 0.305 e. The van der Waals surface area contributed by atoms with Crippen molar-refractivity contribution >= 4 is 17.5 Å². The molecule has 188 valence electrons. The minimum Gasteiger partial charge on any atom is -0.481 e. The van der Waals surface area contributed by atoms with Crippen LogP contribution in [0.3, 0.4) is 0 Å². The minimum absolute atomic E-state index is 0.0101. The topological polar surface area (TPSA) is 89.9 Å². The molecule has 0 aromatic carbocycles.